The van der Waals surface area contributed by atoms with E-state index in [0.29, 0.717) is 12.8 Å². The summed E-state index contributed by atoms with van der Waals surface area (Å²) in [5, 5.41) is 10.7. The lowest BCUT2D eigenvalue weighted by Crippen LogP contribution is -1.99. The Bertz CT molecular complexity index is 379. The monoisotopic (exact) mass is 570 g/mol. The molecule has 0 heterocycles. The molecule has 186 valence electrons. The van der Waals surface area contributed by atoms with Crippen LogP contribution in [0.4, 0.5) is 0 Å². The average molecular weight is 572 g/mol. The molecule has 0 aromatic heterocycles. The third-order valence-electron chi connectivity index (χ3n) is 5.27. The maximum Gasteiger partial charge on any atom is 0.305 e. The van der Waals surface area contributed by atoms with E-state index in [2.05, 4.69) is 36.6 Å². The molecule has 6 heteroatoms. The van der Waals surface area contributed by atoms with Crippen molar-refractivity contribution in [2.24, 2.45) is 0 Å². The van der Waals surface area contributed by atoms with Crippen molar-refractivity contribution in [1.29, 1.82) is 0 Å². The first-order chi connectivity index (χ1) is 15.1. The molecule has 0 radical (unpaired) electrons. The lowest BCUT2D eigenvalue weighted by atomic mass is 10.1. The van der Waals surface area contributed by atoms with Crippen molar-refractivity contribution in [3.63, 3.8) is 0 Å². The van der Waals surface area contributed by atoms with E-state index < -0.39 is 5.97 Å². The number of carboxylic acid groups (broad SMARTS) is 1. The van der Waals surface area contributed by atoms with E-state index in [1.165, 1.54) is 97.0 Å². The van der Waals surface area contributed by atoms with Crippen LogP contribution in [0.1, 0.15) is 128 Å². The van der Waals surface area contributed by atoms with Crippen LogP contribution in [-0.2, 0) is 14.3 Å². The summed E-state index contributed by atoms with van der Waals surface area (Å²) in [5.41, 5.74) is 0. The van der Waals surface area contributed by atoms with Crippen LogP contribution in [0, 0.1) is 0 Å². The van der Waals surface area contributed by atoms with E-state index in [9.17, 15) is 9.59 Å². The highest BCUT2D eigenvalue weighted by molar-refractivity contribution is 9.09. The maximum absolute atomic E-state index is 10.8. The third-order valence-corrected chi connectivity index (χ3v) is 6.39. The summed E-state index contributed by atoms with van der Waals surface area (Å²) in [6.07, 6.45) is 23.4. The molecular weight excluding hydrogens is 524 g/mol. The van der Waals surface area contributed by atoms with Gasteiger partial charge in [0.25, 0.3) is 0 Å². The minimum atomic E-state index is -0.662. The first-order valence-electron chi connectivity index (χ1n) is 12.5. The Morgan fingerprint density at radius 2 is 0.839 bits per heavy atom. The number of halogens is 2. The fourth-order valence-electron chi connectivity index (χ4n) is 3.31. The third kappa shape index (κ3) is 34.7. The number of ether oxygens (including phenoxy) is 1. The summed E-state index contributed by atoms with van der Waals surface area (Å²) >= 11 is 6.86. The van der Waals surface area contributed by atoms with Gasteiger partial charge in [0.2, 0.25) is 0 Å². The van der Waals surface area contributed by atoms with Gasteiger partial charge in [-0.1, -0.05) is 122 Å². The van der Waals surface area contributed by atoms with Crippen molar-refractivity contribution in [2.45, 2.75) is 128 Å². The van der Waals surface area contributed by atoms with Crippen molar-refractivity contribution >= 4 is 43.8 Å². The number of carbonyl (C=O) groups is 2. The first-order valence-corrected chi connectivity index (χ1v) is 14.7. The number of unbranched alkanes of at least 4 members (excludes halogenated alkanes) is 16. The smallest absolute Gasteiger partial charge is 0.305 e. The fraction of sp³-hybridized carbons (Fsp3) is 0.920. The van der Waals surface area contributed by atoms with Gasteiger partial charge < -0.3 is 9.84 Å². The second-order valence-electron chi connectivity index (χ2n) is 8.21. The molecule has 0 fully saturated rings. The molecule has 0 aliphatic rings. The lowest BCUT2D eigenvalue weighted by Gasteiger charge is -2.01. The average Bonchev–Trinajstić information content (AvgIpc) is 2.76. The molecule has 0 unspecified atom stereocenters. The number of hydrogen-bond donors (Lipinski definition) is 1. The van der Waals surface area contributed by atoms with Gasteiger partial charge in [0.15, 0.2) is 0 Å². The molecule has 1 N–H and O–H groups in total. The summed E-state index contributed by atoms with van der Waals surface area (Å²) in [4.78, 5) is 21.1. The molecule has 0 aliphatic carbocycles. The quantitative estimate of drug-likeness (QED) is 0.0800. The zero-order chi connectivity index (χ0) is 23.4. The Morgan fingerprint density at radius 1 is 0.548 bits per heavy atom. The lowest BCUT2D eigenvalue weighted by molar-refractivity contribution is -0.141. The second-order valence-corrected chi connectivity index (χ2v) is 9.80. The summed E-state index contributed by atoms with van der Waals surface area (Å²) in [6.45, 7) is 0. The molecule has 0 amide bonds. The van der Waals surface area contributed by atoms with Crippen LogP contribution < -0.4 is 0 Å². The summed E-state index contributed by atoms with van der Waals surface area (Å²) in [6, 6.07) is 0. The van der Waals surface area contributed by atoms with Crippen LogP contribution in [0.5, 0.6) is 0 Å². The van der Waals surface area contributed by atoms with Gasteiger partial charge in [0.1, 0.15) is 0 Å². The van der Waals surface area contributed by atoms with Crippen LogP contribution in [0.25, 0.3) is 0 Å². The number of rotatable bonds is 22. The minimum Gasteiger partial charge on any atom is -0.481 e. The van der Waals surface area contributed by atoms with Gasteiger partial charge in [0.05, 0.1) is 7.11 Å². The summed E-state index contributed by atoms with van der Waals surface area (Å²) in [5.74, 6) is -0.737. The molecule has 0 aromatic carbocycles. The zero-order valence-electron chi connectivity index (χ0n) is 20.0. The van der Waals surface area contributed by atoms with E-state index in [1.807, 2.05) is 0 Å². The van der Waals surface area contributed by atoms with Crippen molar-refractivity contribution in [3.05, 3.63) is 0 Å². The molecule has 0 spiro atoms. The van der Waals surface area contributed by atoms with Crippen LogP contribution in [-0.4, -0.2) is 34.8 Å². The molecule has 0 aliphatic heterocycles. The largest absolute Gasteiger partial charge is 0.481 e. The Balaban J connectivity index is 0. The number of esters is 1. The fourth-order valence-corrected chi connectivity index (χ4v) is 4.10. The van der Waals surface area contributed by atoms with Crippen LogP contribution in [0.2, 0.25) is 0 Å². The van der Waals surface area contributed by atoms with E-state index >= 15 is 0 Å². The van der Waals surface area contributed by atoms with Gasteiger partial charge >= 0.3 is 11.9 Å². The van der Waals surface area contributed by atoms with Crippen molar-refractivity contribution in [1.82, 2.24) is 0 Å². The van der Waals surface area contributed by atoms with Gasteiger partial charge in [-0.25, -0.2) is 0 Å². The van der Waals surface area contributed by atoms with Crippen LogP contribution >= 0.6 is 31.9 Å². The Morgan fingerprint density at radius 3 is 1.13 bits per heavy atom. The number of alkyl halides is 2. The molecule has 0 bridgehead atoms. The number of aliphatic carboxylic acids is 1. The summed E-state index contributed by atoms with van der Waals surface area (Å²) < 4.78 is 4.59. The number of carbonyl (C=O) groups excluding carboxylic acids is 1. The predicted molar refractivity (Wildman–Crippen MR) is 140 cm³/mol. The van der Waals surface area contributed by atoms with Gasteiger partial charge in [0, 0.05) is 23.5 Å². The number of methoxy groups -OCH3 is 1. The maximum atomic E-state index is 10.8. The number of hydrogen-bond acceptors (Lipinski definition) is 3. The topological polar surface area (TPSA) is 63.6 Å². The molecule has 0 aromatic rings. The van der Waals surface area contributed by atoms with E-state index in [4.69, 9.17) is 5.11 Å². The zero-order valence-corrected chi connectivity index (χ0v) is 23.2. The molecule has 31 heavy (non-hydrogen) atoms. The normalized spacial score (nSPS) is 10.4. The molecule has 0 saturated carbocycles. The molecule has 0 saturated heterocycles. The van der Waals surface area contributed by atoms with Crippen molar-refractivity contribution < 1.29 is 19.4 Å². The first kappa shape index (κ1) is 33.1. The van der Waals surface area contributed by atoms with Crippen LogP contribution in [0.15, 0.2) is 0 Å². The minimum absolute atomic E-state index is 0.0743. The molecule has 4 nitrogen and oxygen atoms in total. The Kier molecular flexibility index (Phi) is 31.9. The van der Waals surface area contributed by atoms with Gasteiger partial charge in [-0.15, -0.1) is 0 Å². The van der Waals surface area contributed by atoms with Crippen molar-refractivity contribution in [2.75, 3.05) is 17.8 Å². The molecule has 0 rings (SSSR count). The highest BCUT2D eigenvalue weighted by Crippen LogP contribution is 2.12. The van der Waals surface area contributed by atoms with Gasteiger partial charge in [-0.2, -0.15) is 0 Å². The highest BCUT2D eigenvalue weighted by Gasteiger charge is 1.99. The number of carboxylic acids is 1. The molecular formula is C25H48Br2O4. The Labute approximate surface area is 208 Å². The predicted octanol–water partition coefficient (Wildman–Crippen LogP) is 8.82. The van der Waals surface area contributed by atoms with E-state index in [1.54, 1.807) is 0 Å². The standard InChI is InChI=1S/C13H25BrO2.C12H23BrO2/c1-16-13(15)11-9-7-5-3-2-4-6-8-10-12-14;13-11-9-7-5-3-1-2-4-6-8-10-12(14)15/h2-12H2,1H3;1-11H2,(H,14,15). The second kappa shape index (κ2) is 29.9. The van der Waals surface area contributed by atoms with Gasteiger partial charge in [-0.05, 0) is 25.7 Å². The summed E-state index contributed by atoms with van der Waals surface area (Å²) in [7, 11) is 1.45. The van der Waals surface area contributed by atoms with Gasteiger partial charge in [-0.3, -0.25) is 9.59 Å². The SMILES string of the molecule is COC(=O)CCCCCCCCCCCBr.O=C(O)CCCCCCCCCCCBr. The Hall–Kier alpha value is -0.100. The van der Waals surface area contributed by atoms with Crippen molar-refractivity contribution in [3.8, 4) is 0 Å². The molecule has 0 atom stereocenters. The van der Waals surface area contributed by atoms with Crippen LogP contribution in [0.3, 0.4) is 0 Å². The van der Waals surface area contributed by atoms with E-state index in [-0.39, 0.29) is 5.97 Å². The van der Waals surface area contributed by atoms with E-state index in [0.717, 1.165) is 36.3 Å². The highest BCUT2D eigenvalue weighted by atomic mass is 79.9.